The maximum Gasteiger partial charge on any atom is 0.317 e. The maximum atomic E-state index is 12.6. The maximum absolute atomic E-state index is 12.6. The van der Waals surface area contributed by atoms with Crippen molar-refractivity contribution in [3.63, 3.8) is 0 Å². The number of amides is 2. The Hall–Kier alpha value is -2.01. The van der Waals surface area contributed by atoms with Gasteiger partial charge in [0.1, 0.15) is 5.75 Å². The van der Waals surface area contributed by atoms with Crippen LogP contribution in [0.4, 0.5) is 4.79 Å². The third kappa shape index (κ3) is 3.13. The van der Waals surface area contributed by atoms with Crippen molar-refractivity contribution in [2.45, 2.75) is 25.3 Å². The summed E-state index contributed by atoms with van der Waals surface area (Å²) in [6, 6.07) is 10.6. The van der Waals surface area contributed by atoms with Gasteiger partial charge in [-0.1, -0.05) is 18.2 Å². The van der Waals surface area contributed by atoms with Crippen molar-refractivity contribution in [2.24, 2.45) is 5.92 Å². The summed E-state index contributed by atoms with van der Waals surface area (Å²) < 4.78 is 5.81. The zero-order chi connectivity index (χ0) is 16.4. The van der Waals surface area contributed by atoms with Gasteiger partial charge >= 0.3 is 6.03 Å². The van der Waals surface area contributed by atoms with Crippen molar-refractivity contribution in [2.75, 3.05) is 19.7 Å². The fraction of sp³-hybridized carbons (Fsp3) is 0.421. The third-order valence-corrected chi connectivity index (χ3v) is 5.64. The number of hydrogen-bond donors (Lipinski definition) is 1. The monoisotopic (exact) mass is 342 g/mol. The number of carbonyl (C=O) groups excluding carboxylic acids is 1. The molecule has 1 fully saturated rings. The van der Waals surface area contributed by atoms with Crippen LogP contribution in [-0.2, 0) is 6.42 Å². The normalized spacial score (nSPS) is 22.8. The minimum atomic E-state index is 0.0579. The molecule has 0 saturated carbocycles. The lowest BCUT2D eigenvalue weighted by Crippen LogP contribution is -2.43. The van der Waals surface area contributed by atoms with Crippen LogP contribution in [0.5, 0.6) is 5.75 Å². The SMILES string of the molecule is O=C(NC[C@@H]1COc2ccccc2C1)N1CCC[C@@H]1c1ccsc1. The quantitative estimate of drug-likeness (QED) is 0.921. The summed E-state index contributed by atoms with van der Waals surface area (Å²) in [6.07, 6.45) is 3.10. The van der Waals surface area contributed by atoms with Gasteiger partial charge in [0.25, 0.3) is 0 Å². The molecule has 2 aromatic rings. The molecule has 0 unspecified atom stereocenters. The van der Waals surface area contributed by atoms with Gasteiger partial charge in [-0.15, -0.1) is 0 Å². The molecule has 1 saturated heterocycles. The van der Waals surface area contributed by atoms with Crippen molar-refractivity contribution < 1.29 is 9.53 Å². The van der Waals surface area contributed by atoms with Crippen molar-refractivity contribution in [1.82, 2.24) is 10.2 Å². The molecule has 4 nitrogen and oxygen atoms in total. The number of fused-ring (bicyclic) bond motifs is 1. The van der Waals surface area contributed by atoms with Crippen molar-refractivity contribution in [1.29, 1.82) is 0 Å². The summed E-state index contributed by atoms with van der Waals surface area (Å²) in [6.45, 7) is 2.18. The molecule has 2 amide bonds. The van der Waals surface area contributed by atoms with E-state index in [9.17, 15) is 4.79 Å². The molecular formula is C19H22N2O2S. The second kappa shape index (κ2) is 6.85. The lowest BCUT2D eigenvalue weighted by molar-refractivity contribution is 0.182. The van der Waals surface area contributed by atoms with Gasteiger partial charge in [0.2, 0.25) is 0 Å². The fourth-order valence-electron chi connectivity index (χ4n) is 3.68. The first-order valence-electron chi connectivity index (χ1n) is 8.58. The van der Waals surface area contributed by atoms with E-state index in [1.54, 1.807) is 11.3 Å². The topological polar surface area (TPSA) is 41.6 Å². The van der Waals surface area contributed by atoms with Gasteiger partial charge in [-0.25, -0.2) is 4.79 Å². The van der Waals surface area contributed by atoms with Crippen LogP contribution in [-0.4, -0.2) is 30.6 Å². The van der Waals surface area contributed by atoms with E-state index in [0.717, 1.165) is 31.6 Å². The average molecular weight is 342 g/mol. The number of rotatable bonds is 3. The number of benzene rings is 1. The van der Waals surface area contributed by atoms with Crippen LogP contribution >= 0.6 is 11.3 Å². The zero-order valence-electron chi connectivity index (χ0n) is 13.6. The van der Waals surface area contributed by atoms with Gasteiger partial charge in [0, 0.05) is 19.0 Å². The van der Waals surface area contributed by atoms with Gasteiger partial charge in [-0.05, 0) is 53.3 Å². The van der Waals surface area contributed by atoms with E-state index >= 15 is 0 Å². The summed E-state index contributed by atoms with van der Waals surface area (Å²) in [5.41, 5.74) is 2.50. The highest BCUT2D eigenvalue weighted by molar-refractivity contribution is 7.07. The molecule has 0 radical (unpaired) electrons. The molecule has 2 aliphatic rings. The van der Waals surface area contributed by atoms with Crippen LogP contribution in [0.25, 0.3) is 0 Å². The Kier molecular flexibility index (Phi) is 4.43. The molecule has 1 aromatic carbocycles. The highest BCUT2D eigenvalue weighted by atomic mass is 32.1. The second-order valence-corrected chi connectivity index (χ2v) is 7.36. The summed E-state index contributed by atoms with van der Waals surface area (Å²) >= 11 is 1.69. The number of ether oxygens (including phenoxy) is 1. The van der Waals surface area contributed by atoms with E-state index in [0.29, 0.717) is 19.1 Å². The molecule has 0 spiro atoms. The lowest BCUT2D eigenvalue weighted by Gasteiger charge is -2.28. The number of hydrogen-bond acceptors (Lipinski definition) is 3. The number of nitrogens with one attached hydrogen (secondary N) is 1. The first kappa shape index (κ1) is 15.5. The largest absolute Gasteiger partial charge is 0.493 e. The van der Waals surface area contributed by atoms with Crippen LogP contribution in [0.3, 0.4) is 0 Å². The van der Waals surface area contributed by atoms with Crippen LogP contribution in [0.1, 0.15) is 30.0 Å². The van der Waals surface area contributed by atoms with E-state index in [4.69, 9.17) is 4.74 Å². The smallest absolute Gasteiger partial charge is 0.317 e. The number of carbonyl (C=O) groups is 1. The summed E-state index contributed by atoms with van der Waals surface area (Å²) in [5, 5.41) is 7.37. The van der Waals surface area contributed by atoms with Gasteiger partial charge < -0.3 is 15.0 Å². The Balaban J connectivity index is 1.34. The zero-order valence-corrected chi connectivity index (χ0v) is 14.4. The molecule has 0 bridgehead atoms. The fourth-order valence-corrected chi connectivity index (χ4v) is 4.38. The molecule has 1 N–H and O–H groups in total. The molecule has 24 heavy (non-hydrogen) atoms. The second-order valence-electron chi connectivity index (χ2n) is 6.58. The molecule has 3 heterocycles. The van der Waals surface area contributed by atoms with Gasteiger partial charge in [0.15, 0.2) is 0 Å². The van der Waals surface area contributed by atoms with Crippen LogP contribution in [0.2, 0.25) is 0 Å². The van der Waals surface area contributed by atoms with E-state index in [1.165, 1.54) is 11.1 Å². The first-order valence-corrected chi connectivity index (χ1v) is 9.53. The Morgan fingerprint density at radius 3 is 3.12 bits per heavy atom. The summed E-state index contributed by atoms with van der Waals surface area (Å²) in [4.78, 5) is 14.6. The number of para-hydroxylation sites is 1. The molecule has 4 rings (SSSR count). The molecule has 1 aromatic heterocycles. The van der Waals surface area contributed by atoms with E-state index in [2.05, 4.69) is 28.2 Å². The summed E-state index contributed by atoms with van der Waals surface area (Å²) in [5.74, 6) is 1.32. The predicted molar refractivity (Wildman–Crippen MR) is 95.5 cm³/mol. The summed E-state index contributed by atoms with van der Waals surface area (Å²) in [7, 11) is 0. The number of nitrogens with zero attached hydrogens (tertiary/aromatic N) is 1. The number of thiophene rings is 1. The Morgan fingerprint density at radius 2 is 2.25 bits per heavy atom. The van der Waals surface area contributed by atoms with Crippen LogP contribution in [0.15, 0.2) is 41.1 Å². The predicted octanol–water partition coefficient (Wildman–Crippen LogP) is 3.85. The Bertz CT molecular complexity index is 701. The highest BCUT2D eigenvalue weighted by Gasteiger charge is 2.30. The van der Waals surface area contributed by atoms with Gasteiger partial charge in [-0.3, -0.25) is 0 Å². The molecular weight excluding hydrogens is 320 g/mol. The molecule has 2 atom stereocenters. The van der Waals surface area contributed by atoms with Gasteiger partial charge in [-0.2, -0.15) is 11.3 Å². The van der Waals surface area contributed by atoms with Crippen molar-refractivity contribution in [3.05, 3.63) is 52.2 Å². The van der Waals surface area contributed by atoms with E-state index in [1.807, 2.05) is 23.1 Å². The van der Waals surface area contributed by atoms with Crippen molar-refractivity contribution in [3.8, 4) is 5.75 Å². The molecule has 126 valence electrons. The van der Waals surface area contributed by atoms with E-state index in [-0.39, 0.29) is 12.1 Å². The van der Waals surface area contributed by atoms with Crippen molar-refractivity contribution >= 4 is 17.4 Å². The van der Waals surface area contributed by atoms with E-state index < -0.39 is 0 Å². The first-order chi connectivity index (χ1) is 11.8. The average Bonchev–Trinajstić information content (AvgIpc) is 3.30. The number of urea groups is 1. The van der Waals surface area contributed by atoms with Crippen LogP contribution in [0, 0.1) is 5.92 Å². The Morgan fingerprint density at radius 1 is 1.33 bits per heavy atom. The number of likely N-dealkylation sites (tertiary alicyclic amines) is 1. The molecule has 2 aliphatic heterocycles. The highest BCUT2D eigenvalue weighted by Crippen LogP contribution is 2.33. The Labute approximate surface area is 146 Å². The van der Waals surface area contributed by atoms with Gasteiger partial charge in [0.05, 0.1) is 12.6 Å². The minimum Gasteiger partial charge on any atom is -0.493 e. The molecule has 5 heteroatoms. The lowest BCUT2D eigenvalue weighted by atomic mass is 9.97. The third-order valence-electron chi connectivity index (χ3n) is 4.94. The van der Waals surface area contributed by atoms with Crippen LogP contribution < -0.4 is 10.1 Å². The standard InChI is InChI=1S/C19H22N2O2S/c22-19(21-8-3-5-17(21)16-7-9-24-13-16)20-11-14-10-15-4-1-2-6-18(15)23-12-14/h1-2,4,6-7,9,13-14,17H,3,5,8,10-12H2,(H,20,22)/t14-,17-/m1/s1. The molecule has 0 aliphatic carbocycles. The minimum absolute atomic E-state index is 0.0579.